The monoisotopic (exact) mass is 341 g/mol. The molecule has 0 aromatic rings. The number of hydrogen-bond acceptors (Lipinski definition) is 4. The molecule has 0 bridgehead atoms. The van der Waals surface area contributed by atoms with E-state index in [2.05, 4.69) is 10.7 Å². The van der Waals surface area contributed by atoms with Gasteiger partial charge >= 0.3 is 0 Å². The van der Waals surface area contributed by atoms with Gasteiger partial charge in [0.25, 0.3) is 0 Å². The van der Waals surface area contributed by atoms with Crippen molar-refractivity contribution in [1.29, 1.82) is 0 Å². The molecule has 7 atom stereocenters. The fraction of sp³-hybridized carbons (Fsp3) is 0.941. The maximum absolute atomic E-state index is 12.9. The molecule has 0 aromatic carbocycles. The molecule has 0 spiro atoms. The first kappa shape index (κ1) is 16.1. The summed E-state index contributed by atoms with van der Waals surface area (Å²) in [6.45, 7) is 0.807. The number of nitrogens with one attached hydrogen (secondary N) is 2. The van der Waals surface area contributed by atoms with Crippen molar-refractivity contribution in [1.82, 2.24) is 15.8 Å². The van der Waals surface area contributed by atoms with Gasteiger partial charge in [0.1, 0.15) is 0 Å². The molecule has 7 unspecified atom stereocenters. The number of fused-ring (bicyclic) bond motifs is 3. The Labute approximate surface area is 143 Å². The molecule has 2 N–H and O–H groups in total. The molecular weight excluding hydrogens is 314 g/mol. The number of methoxy groups -OCH3 is 1. The van der Waals surface area contributed by atoms with Crippen LogP contribution in [0.5, 0.6) is 0 Å². The van der Waals surface area contributed by atoms with Crippen molar-refractivity contribution in [2.45, 2.75) is 74.6 Å². The number of alkyl halides is 1. The zero-order chi connectivity index (χ0) is 16.0. The molecule has 6 heteroatoms. The highest BCUT2D eigenvalue weighted by Crippen LogP contribution is 2.39. The van der Waals surface area contributed by atoms with Crippen LogP contribution >= 0.6 is 11.6 Å². The third-order valence-electron chi connectivity index (χ3n) is 6.47. The number of nitrogens with zero attached hydrogens (tertiary/aromatic N) is 1. The number of halogens is 1. The Bertz CT molecular complexity index is 463. The predicted molar refractivity (Wildman–Crippen MR) is 89.1 cm³/mol. The van der Waals surface area contributed by atoms with Crippen LogP contribution in [0.4, 0.5) is 0 Å². The molecule has 2 saturated heterocycles. The van der Waals surface area contributed by atoms with Gasteiger partial charge < -0.3 is 10.1 Å². The number of carbonyl (C=O) groups is 1. The van der Waals surface area contributed by atoms with Crippen LogP contribution in [-0.2, 0) is 9.53 Å². The minimum Gasteiger partial charge on any atom is -0.381 e. The summed E-state index contributed by atoms with van der Waals surface area (Å²) >= 11 is 6.42. The lowest BCUT2D eigenvalue weighted by Crippen LogP contribution is -2.58. The second-order valence-corrected chi connectivity index (χ2v) is 8.35. The Hall–Kier alpha value is -0.360. The first-order chi connectivity index (χ1) is 11.2. The van der Waals surface area contributed by atoms with E-state index in [4.69, 9.17) is 16.3 Å². The highest BCUT2D eigenvalue weighted by atomic mass is 35.5. The topological polar surface area (TPSA) is 53.6 Å². The van der Waals surface area contributed by atoms with E-state index >= 15 is 0 Å². The highest BCUT2D eigenvalue weighted by molar-refractivity contribution is 6.20. The fourth-order valence-electron chi connectivity index (χ4n) is 5.19. The van der Waals surface area contributed by atoms with Gasteiger partial charge in [0.05, 0.1) is 18.1 Å². The number of amides is 1. The molecule has 130 valence electrons. The lowest BCUT2D eigenvalue weighted by molar-refractivity contribution is -0.136. The van der Waals surface area contributed by atoms with Crippen LogP contribution < -0.4 is 10.7 Å². The van der Waals surface area contributed by atoms with Crippen molar-refractivity contribution < 1.29 is 9.53 Å². The van der Waals surface area contributed by atoms with Gasteiger partial charge in [0.15, 0.2) is 0 Å². The molecule has 1 amide bonds. The van der Waals surface area contributed by atoms with Gasteiger partial charge in [0.2, 0.25) is 5.91 Å². The first-order valence-corrected chi connectivity index (χ1v) is 9.60. The number of hydrazine groups is 1. The Morgan fingerprint density at radius 3 is 2.91 bits per heavy atom. The van der Waals surface area contributed by atoms with Crippen LogP contribution in [0.1, 0.15) is 44.9 Å². The fourth-order valence-corrected chi connectivity index (χ4v) is 5.52. The number of hydrogen-bond donors (Lipinski definition) is 2. The second kappa shape index (κ2) is 6.51. The van der Waals surface area contributed by atoms with Crippen LogP contribution in [0.2, 0.25) is 0 Å². The van der Waals surface area contributed by atoms with Crippen molar-refractivity contribution >= 4 is 17.5 Å². The maximum Gasteiger partial charge on any atom is 0.242 e. The van der Waals surface area contributed by atoms with Crippen LogP contribution in [0.15, 0.2) is 0 Å². The largest absolute Gasteiger partial charge is 0.381 e. The summed E-state index contributed by atoms with van der Waals surface area (Å²) in [7, 11) is 1.78. The van der Waals surface area contributed by atoms with E-state index < -0.39 is 0 Å². The van der Waals surface area contributed by atoms with Crippen molar-refractivity contribution in [2.75, 3.05) is 13.7 Å². The van der Waals surface area contributed by atoms with E-state index in [-0.39, 0.29) is 29.3 Å². The maximum atomic E-state index is 12.9. The van der Waals surface area contributed by atoms with E-state index in [1.165, 1.54) is 0 Å². The molecule has 4 fully saturated rings. The molecule has 4 rings (SSSR count). The Morgan fingerprint density at radius 2 is 2.09 bits per heavy atom. The number of ether oxygens (including phenoxy) is 1. The molecule has 5 nitrogen and oxygen atoms in total. The molecule has 2 aliphatic heterocycles. The van der Waals surface area contributed by atoms with Crippen LogP contribution in [0.3, 0.4) is 0 Å². The van der Waals surface area contributed by atoms with E-state index in [1.807, 2.05) is 5.01 Å². The average molecular weight is 342 g/mol. The molecule has 0 radical (unpaired) electrons. The van der Waals surface area contributed by atoms with Gasteiger partial charge in [-0.3, -0.25) is 9.80 Å². The summed E-state index contributed by atoms with van der Waals surface area (Å²) in [6.07, 6.45) is 7.81. The summed E-state index contributed by atoms with van der Waals surface area (Å²) in [4.78, 5) is 12.9. The van der Waals surface area contributed by atoms with Gasteiger partial charge in [0, 0.05) is 31.1 Å². The van der Waals surface area contributed by atoms with Crippen molar-refractivity contribution in [2.24, 2.45) is 11.8 Å². The molecule has 2 saturated carbocycles. The van der Waals surface area contributed by atoms with Crippen LogP contribution in [0.25, 0.3) is 0 Å². The van der Waals surface area contributed by atoms with Crippen LogP contribution in [0, 0.1) is 11.8 Å². The first-order valence-electron chi connectivity index (χ1n) is 9.17. The Balaban J connectivity index is 1.49. The lowest BCUT2D eigenvalue weighted by atomic mass is 9.73. The van der Waals surface area contributed by atoms with Gasteiger partial charge in [-0.25, -0.2) is 5.43 Å². The summed E-state index contributed by atoms with van der Waals surface area (Å²) in [6, 6.07) is 1.06. The zero-order valence-electron chi connectivity index (χ0n) is 13.8. The minimum atomic E-state index is 0.0705. The van der Waals surface area contributed by atoms with Gasteiger partial charge in [-0.15, -0.1) is 11.6 Å². The zero-order valence-corrected chi connectivity index (χ0v) is 14.6. The molecule has 4 aliphatic rings. The smallest absolute Gasteiger partial charge is 0.242 e. The molecule has 23 heavy (non-hydrogen) atoms. The standard InChI is InChI=1S/C17H28ClN3O2/c1-23-12-4-2-3-11(8-12)21-17(22)14-9-19-15-6-5-10(18)7-13(15)16(14)20-21/h10-16,19-20H,2-9H2,1H3. The molecule has 2 aliphatic carbocycles. The minimum absolute atomic E-state index is 0.0705. The molecule has 2 heterocycles. The quantitative estimate of drug-likeness (QED) is 0.750. The number of rotatable bonds is 2. The van der Waals surface area contributed by atoms with E-state index in [0.29, 0.717) is 18.1 Å². The lowest BCUT2D eigenvalue weighted by Gasteiger charge is -2.43. The molecular formula is C17H28ClN3O2. The van der Waals surface area contributed by atoms with E-state index in [1.54, 1.807) is 7.11 Å². The SMILES string of the molecule is COC1CCCC(N2NC3C(CNC4CCC(Cl)CC43)C2=O)C1. The van der Waals surface area contributed by atoms with Crippen molar-refractivity contribution in [3.8, 4) is 0 Å². The van der Waals surface area contributed by atoms with Crippen LogP contribution in [-0.4, -0.2) is 54.2 Å². The Kier molecular flexibility index (Phi) is 4.56. The van der Waals surface area contributed by atoms with Crippen molar-refractivity contribution in [3.63, 3.8) is 0 Å². The van der Waals surface area contributed by atoms with Gasteiger partial charge in [-0.2, -0.15) is 0 Å². The normalized spacial score (nSPS) is 47.3. The number of piperidine rings is 1. The second-order valence-electron chi connectivity index (χ2n) is 7.74. The number of carbonyl (C=O) groups excluding carboxylic acids is 1. The van der Waals surface area contributed by atoms with E-state index in [9.17, 15) is 4.79 Å². The van der Waals surface area contributed by atoms with Gasteiger partial charge in [-0.05, 0) is 50.9 Å². The summed E-state index contributed by atoms with van der Waals surface area (Å²) in [5.41, 5.74) is 3.61. The summed E-state index contributed by atoms with van der Waals surface area (Å²) in [5, 5.41) is 5.84. The predicted octanol–water partition coefficient (Wildman–Crippen LogP) is 1.65. The van der Waals surface area contributed by atoms with Gasteiger partial charge in [-0.1, -0.05) is 0 Å². The third kappa shape index (κ3) is 2.90. The Morgan fingerprint density at radius 1 is 1.22 bits per heavy atom. The summed E-state index contributed by atoms with van der Waals surface area (Å²) < 4.78 is 5.54. The van der Waals surface area contributed by atoms with E-state index in [0.717, 1.165) is 51.5 Å². The third-order valence-corrected chi connectivity index (χ3v) is 6.87. The summed E-state index contributed by atoms with van der Waals surface area (Å²) in [5.74, 6) is 0.821. The van der Waals surface area contributed by atoms with Crippen molar-refractivity contribution in [3.05, 3.63) is 0 Å². The highest BCUT2D eigenvalue weighted by Gasteiger charge is 2.52. The molecule has 0 aromatic heterocycles. The average Bonchev–Trinajstić information content (AvgIpc) is 2.92.